The van der Waals surface area contributed by atoms with Crippen molar-refractivity contribution in [1.29, 1.82) is 0 Å². The lowest BCUT2D eigenvalue weighted by Gasteiger charge is -2.29. The Morgan fingerprint density at radius 3 is 1.82 bits per heavy atom. The number of carbonyl (C=O) groups is 1. The second-order valence-corrected chi connectivity index (χ2v) is 7.13. The highest BCUT2D eigenvalue weighted by atomic mass is 16.1. The van der Waals surface area contributed by atoms with Gasteiger partial charge in [0.05, 0.1) is 0 Å². The number of Topliss-reactive ketones (excluding diaryl/α,β-unsaturated/α-hetero) is 1. The number of rotatable bonds is 4. The van der Waals surface area contributed by atoms with Gasteiger partial charge < -0.3 is 4.90 Å². The van der Waals surface area contributed by atoms with E-state index in [9.17, 15) is 4.79 Å². The number of likely N-dealkylation sites (tertiary alicyclic amines) is 1. The van der Waals surface area contributed by atoms with Gasteiger partial charge >= 0.3 is 0 Å². The number of piperidine rings is 1. The summed E-state index contributed by atoms with van der Waals surface area (Å²) in [7, 11) is 0. The minimum Gasteiger partial charge on any atom is -0.303 e. The summed E-state index contributed by atoms with van der Waals surface area (Å²) in [6.45, 7) is 16.0. The van der Waals surface area contributed by atoms with Crippen molar-refractivity contribution in [3.05, 3.63) is 33.4 Å². The summed E-state index contributed by atoms with van der Waals surface area (Å²) in [4.78, 5) is 15.5. The maximum absolute atomic E-state index is 13.0. The van der Waals surface area contributed by atoms with Crippen molar-refractivity contribution >= 4 is 5.78 Å². The van der Waals surface area contributed by atoms with E-state index in [4.69, 9.17) is 0 Å². The van der Waals surface area contributed by atoms with Crippen LogP contribution in [0.5, 0.6) is 0 Å². The molecule has 0 radical (unpaired) electrons. The van der Waals surface area contributed by atoms with Gasteiger partial charge in [0.15, 0.2) is 5.78 Å². The predicted molar refractivity (Wildman–Crippen MR) is 93.9 cm³/mol. The van der Waals surface area contributed by atoms with Gasteiger partial charge in [0.25, 0.3) is 0 Å². The van der Waals surface area contributed by atoms with Crippen molar-refractivity contribution in [2.45, 2.75) is 60.8 Å². The van der Waals surface area contributed by atoms with Crippen LogP contribution in [0.1, 0.15) is 64.4 Å². The Kier molecular flexibility index (Phi) is 5.44. The zero-order valence-corrected chi connectivity index (χ0v) is 15.2. The van der Waals surface area contributed by atoms with Gasteiger partial charge in [-0.3, -0.25) is 4.79 Å². The van der Waals surface area contributed by atoms with Crippen molar-refractivity contribution in [2.75, 3.05) is 19.6 Å². The Hall–Kier alpha value is -1.15. The van der Waals surface area contributed by atoms with E-state index in [1.165, 1.54) is 47.1 Å². The molecule has 1 saturated heterocycles. The molecule has 1 fully saturated rings. The summed E-state index contributed by atoms with van der Waals surface area (Å²) in [5, 5.41) is 0. The van der Waals surface area contributed by atoms with Crippen molar-refractivity contribution < 1.29 is 4.79 Å². The lowest BCUT2D eigenvalue weighted by Crippen LogP contribution is -2.36. The summed E-state index contributed by atoms with van der Waals surface area (Å²) in [6, 6.07) is 0. The first kappa shape index (κ1) is 17.2. The highest BCUT2D eigenvalue weighted by Crippen LogP contribution is 2.28. The lowest BCUT2D eigenvalue weighted by atomic mass is 9.84. The topological polar surface area (TPSA) is 20.3 Å². The molecule has 1 aliphatic heterocycles. The summed E-state index contributed by atoms with van der Waals surface area (Å²) in [5.41, 5.74) is 7.21. The molecule has 122 valence electrons. The number of nitrogens with zero attached hydrogens (tertiary/aromatic N) is 1. The Morgan fingerprint density at radius 1 is 0.864 bits per heavy atom. The number of hydrogen-bond donors (Lipinski definition) is 0. The van der Waals surface area contributed by atoms with Gasteiger partial charge in [-0.15, -0.1) is 0 Å². The minimum absolute atomic E-state index is 0.0806. The third-order valence-electron chi connectivity index (χ3n) is 5.67. The van der Waals surface area contributed by atoms with Crippen molar-refractivity contribution in [3.8, 4) is 0 Å². The SMILES string of the molecule is Cc1c(C)c(C)c(C(=O)C(C)CN2CCCCC2)c(C)c1C. The summed E-state index contributed by atoms with van der Waals surface area (Å²) in [6.07, 6.45) is 3.90. The van der Waals surface area contributed by atoms with Crippen LogP contribution in [0.15, 0.2) is 0 Å². The van der Waals surface area contributed by atoms with E-state index in [0.29, 0.717) is 5.78 Å². The zero-order chi connectivity index (χ0) is 16.4. The Bertz CT molecular complexity index is 539. The molecule has 1 aromatic rings. The molecule has 22 heavy (non-hydrogen) atoms. The van der Waals surface area contributed by atoms with Crippen LogP contribution in [-0.4, -0.2) is 30.3 Å². The third kappa shape index (κ3) is 3.27. The molecular weight excluding hydrogens is 270 g/mol. The smallest absolute Gasteiger partial charge is 0.167 e. The van der Waals surface area contributed by atoms with Gasteiger partial charge in [0.2, 0.25) is 0 Å². The molecule has 1 atom stereocenters. The minimum atomic E-state index is 0.0806. The second kappa shape index (κ2) is 6.95. The van der Waals surface area contributed by atoms with Gasteiger partial charge in [-0.2, -0.15) is 0 Å². The standard InChI is InChI=1S/C20H31NO/c1-13(12-21-10-8-7-9-11-21)20(22)19-17(5)15(3)14(2)16(4)18(19)6/h13H,7-12H2,1-6H3. The number of hydrogen-bond acceptors (Lipinski definition) is 2. The van der Waals surface area contributed by atoms with E-state index in [1.807, 2.05) is 0 Å². The molecule has 0 amide bonds. The molecule has 1 aliphatic rings. The van der Waals surface area contributed by atoms with Crippen LogP contribution in [0.4, 0.5) is 0 Å². The molecule has 2 nitrogen and oxygen atoms in total. The summed E-state index contributed by atoms with van der Waals surface area (Å²) < 4.78 is 0. The average molecular weight is 301 g/mol. The number of carbonyl (C=O) groups excluding carboxylic acids is 1. The first-order valence-corrected chi connectivity index (χ1v) is 8.68. The molecule has 0 aromatic heterocycles. The average Bonchev–Trinajstić information content (AvgIpc) is 2.52. The van der Waals surface area contributed by atoms with Crippen LogP contribution in [0, 0.1) is 40.5 Å². The van der Waals surface area contributed by atoms with E-state index in [1.54, 1.807) is 0 Å². The van der Waals surface area contributed by atoms with Crippen LogP contribution in [0.25, 0.3) is 0 Å². The van der Waals surface area contributed by atoms with E-state index in [0.717, 1.165) is 25.2 Å². The van der Waals surface area contributed by atoms with Crippen LogP contribution in [0.2, 0.25) is 0 Å². The summed E-state index contributed by atoms with van der Waals surface area (Å²) in [5.74, 6) is 0.406. The van der Waals surface area contributed by atoms with Gasteiger partial charge in [0, 0.05) is 18.0 Å². The van der Waals surface area contributed by atoms with E-state index < -0.39 is 0 Å². The van der Waals surface area contributed by atoms with Gasteiger partial charge in [0.1, 0.15) is 0 Å². The molecule has 0 spiro atoms. The number of ketones is 1. The first-order chi connectivity index (χ1) is 10.3. The Labute approximate surface area is 135 Å². The fraction of sp³-hybridized carbons (Fsp3) is 0.650. The first-order valence-electron chi connectivity index (χ1n) is 8.68. The van der Waals surface area contributed by atoms with Gasteiger partial charge in [-0.1, -0.05) is 13.3 Å². The van der Waals surface area contributed by atoms with E-state index in [2.05, 4.69) is 46.4 Å². The lowest BCUT2D eigenvalue weighted by molar-refractivity contribution is 0.0882. The van der Waals surface area contributed by atoms with Crippen molar-refractivity contribution in [3.63, 3.8) is 0 Å². The van der Waals surface area contributed by atoms with Crippen molar-refractivity contribution in [1.82, 2.24) is 4.90 Å². The van der Waals surface area contributed by atoms with Crippen LogP contribution in [-0.2, 0) is 0 Å². The predicted octanol–water partition coefficient (Wildman–Crippen LogP) is 4.53. The second-order valence-electron chi connectivity index (χ2n) is 7.13. The van der Waals surface area contributed by atoms with Crippen LogP contribution in [0.3, 0.4) is 0 Å². The highest BCUT2D eigenvalue weighted by molar-refractivity contribution is 6.01. The third-order valence-corrected chi connectivity index (χ3v) is 5.67. The fourth-order valence-corrected chi connectivity index (χ4v) is 3.73. The quantitative estimate of drug-likeness (QED) is 0.761. The molecule has 1 heterocycles. The molecule has 2 rings (SSSR count). The Morgan fingerprint density at radius 2 is 1.32 bits per heavy atom. The molecule has 0 bridgehead atoms. The Balaban J connectivity index is 2.25. The fourth-order valence-electron chi connectivity index (χ4n) is 3.73. The monoisotopic (exact) mass is 301 g/mol. The molecule has 0 N–H and O–H groups in total. The van der Waals surface area contributed by atoms with E-state index >= 15 is 0 Å². The molecule has 1 aromatic carbocycles. The molecule has 0 saturated carbocycles. The highest BCUT2D eigenvalue weighted by Gasteiger charge is 2.24. The zero-order valence-electron chi connectivity index (χ0n) is 15.2. The van der Waals surface area contributed by atoms with Gasteiger partial charge in [-0.25, -0.2) is 0 Å². The van der Waals surface area contributed by atoms with Crippen LogP contribution >= 0.6 is 0 Å². The largest absolute Gasteiger partial charge is 0.303 e. The molecule has 1 unspecified atom stereocenters. The van der Waals surface area contributed by atoms with Crippen LogP contribution < -0.4 is 0 Å². The molecule has 2 heteroatoms. The van der Waals surface area contributed by atoms with Crippen molar-refractivity contribution in [2.24, 2.45) is 5.92 Å². The van der Waals surface area contributed by atoms with E-state index in [-0.39, 0.29) is 5.92 Å². The maximum Gasteiger partial charge on any atom is 0.167 e. The maximum atomic E-state index is 13.0. The summed E-state index contributed by atoms with van der Waals surface area (Å²) >= 11 is 0. The molecular formula is C20H31NO. The number of benzene rings is 1. The van der Waals surface area contributed by atoms with Gasteiger partial charge in [-0.05, 0) is 88.4 Å². The normalized spacial score (nSPS) is 17.5. The molecule has 0 aliphatic carbocycles.